The van der Waals surface area contributed by atoms with Gasteiger partial charge in [-0.3, -0.25) is 0 Å². The standard InChI is InChI=1S/C33H25N3/c1-33(2)25-18-16-24-22-13-7-9-15-27(22)35-31(24)32(25)36(20-10-4-3-5-11-20)28-19-17-23-21-12-6-8-14-26(21)34-30(23)29(28)33/h3-19,34-35H,1-2H3. The second-order valence-electron chi connectivity index (χ2n) is 10.4. The number of anilines is 3. The number of hydrogen-bond donors (Lipinski definition) is 2. The summed E-state index contributed by atoms with van der Waals surface area (Å²) in [6.07, 6.45) is 0. The third-order valence-corrected chi connectivity index (χ3v) is 8.09. The lowest BCUT2D eigenvalue weighted by molar-refractivity contribution is 0.638. The van der Waals surface area contributed by atoms with Crippen LogP contribution in [0.25, 0.3) is 43.6 Å². The molecule has 3 heteroatoms. The van der Waals surface area contributed by atoms with Gasteiger partial charge in [-0.25, -0.2) is 0 Å². The molecule has 0 saturated heterocycles. The van der Waals surface area contributed by atoms with E-state index in [0.29, 0.717) is 0 Å². The number of aromatic nitrogens is 2. The second kappa shape index (κ2) is 6.79. The van der Waals surface area contributed by atoms with Gasteiger partial charge in [-0.05, 0) is 35.9 Å². The minimum atomic E-state index is -0.207. The molecule has 172 valence electrons. The number of benzene rings is 5. The van der Waals surface area contributed by atoms with Crippen LogP contribution < -0.4 is 4.90 Å². The highest BCUT2D eigenvalue weighted by molar-refractivity contribution is 6.16. The Hall–Kier alpha value is -4.50. The fraction of sp³-hybridized carbons (Fsp3) is 0.0909. The van der Waals surface area contributed by atoms with E-state index >= 15 is 0 Å². The van der Waals surface area contributed by atoms with Crippen LogP contribution in [-0.2, 0) is 5.41 Å². The van der Waals surface area contributed by atoms with Gasteiger partial charge in [-0.15, -0.1) is 0 Å². The van der Waals surface area contributed by atoms with Crippen LogP contribution in [0.1, 0.15) is 25.0 Å². The summed E-state index contributed by atoms with van der Waals surface area (Å²) < 4.78 is 0. The van der Waals surface area contributed by atoms with E-state index < -0.39 is 0 Å². The van der Waals surface area contributed by atoms with Gasteiger partial charge in [-0.2, -0.15) is 0 Å². The first-order chi connectivity index (χ1) is 17.6. The summed E-state index contributed by atoms with van der Waals surface area (Å²) in [5, 5.41) is 5.07. The van der Waals surface area contributed by atoms with Gasteiger partial charge in [0.2, 0.25) is 0 Å². The molecule has 0 unspecified atom stereocenters. The molecule has 0 aliphatic carbocycles. The van der Waals surface area contributed by atoms with Gasteiger partial charge in [0.25, 0.3) is 0 Å². The van der Waals surface area contributed by atoms with Crippen LogP contribution >= 0.6 is 0 Å². The van der Waals surface area contributed by atoms with Crippen molar-refractivity contribution in [2.75, 3.05) is 4.90 Å². The Bertz CT molecular complexity index is 1970. The molecule has 5 aromatic carbocycles. The van der Waals surface area contributed by atoms with Crippen molar-refractivity contribution in [3.63, 3.8) is 0 Å². The summed E-state index contributed by atoms with van der Waals surface area (Å²) in [4.78, 5) is 10.0. The van der Waals surface area contributed by atoms with Crippen LogP contribution in [0.2, 0.25) is 0 Å². The van der Waals surface area contributed by atoms with Gasteiger partial charge in [0, 0.05) is 49.2 Å². The zero-order valence-electron chi connectivity index (χ0n) is 20.3. The van der Waals surface area contributed by atoms with Crippen LogP contribution in [0, 0.1) is 0 Å². The Morgan fingerprint density at radius 3 is 1.86 bits per heavy atom. The van der Waals surface area contributed by atoms with E-state index in [1.54, 1.807) is 0 Å². The number of aromatic amines is 2. The number of nitrogens with one attached hydrogen (secondary N) is 2. The molecule has 0 amide bonds. The van der Waals surface area contributed by atoms with E-state index in [1.807, 2.05) is 0 Å². The quantitative estimate of drug-likeness (QED) is 0.250. The molecule has 1 aliphatic rings. The van der Waals surface area contributed by atoms with Gasteiger partial charge in [0.05, 0.1) is 22.4 Å². The predicted molar refractivity (Wildman–Crippen MR) is 152 cm³/mol. The lowest BCUT2D eigenvalue weighted by Crippen LogP contribution is -2.31. The number of para-hydroxylation sites is 3. The van der Waals surface area contributed by atoms with Crippen LogP contribution in [0.3, 0.4) is 0 Å². The van der Waals surface area contributed by atoms with Crippen molar-refractivity contribution in [1.82, 2.24) is 9.97 Å². The maximum absolute atomic E-state index is 3.79. The van der Waals surface area contributed by atoms with Gasteiger partial charge in [0.1, 0.15) is 0 Å². The Balaban J connectivity index is 1.55. The topological polar surface area (TPSA) is 34.8 Å². The molecule has 3 heterocycles. The predicted octanol–water partition coefficient (Wildman–Crippen LogP) is 9.06. The van der Waals surface area contributed by atoms with Crippen molar-refractivity contribution in [2.24, 2.45) is 0 Å². The number of hydrogen-bond acceptors (Lipinski definition) is 1. The summed E-state index contributed by atoms with van der Waals surface area (Å²) in [5.74, 6) is 0. The van der Waals surface area contributed by atoms with Crippen LogP contribution in [0.4, 0.5) is 17.1 Å². The lowest BCUT2D eigenvalue weighted by Gasteiger charge is -2.42. The highest BCUT2D eigenvalue weighted by Gasteiger charge is 2.40. The fourth-order valence-corrected chi connectivity index (χ4v) is 6.47. The third-order valence-electron chi connectivity index (χ3n) is 8.09. The number of rotatable bonds is 1. The molecule has 36 heavy (non-hydrogen) atoms. The molecule has 1 aliphatic heterocycles. The molecular formula is C33H25N3. The van der Waals surface area contributed by atoms with Gasteiger partial charge in [-0.1, -0.05) is 86.6 Å². The van der Waals surface area contributed by atoms with E-state index in [1.165, 1.54) is 66.1 Å². The molecule has 0 fully saturated rings. The summed E-state index contributed by atoms with van der Waals surface area (Å²) >= 11 is 0. The average Bonchev–Trinajstić information content (AvgIpc) is 3.47. The zero-order chi connectivity index (χ0) is 24.0. The molecule has 0 atom stereocenters. The van der Waals surface area contributed by atoms with E-state index in [0.717, 1.165) is 5.69 Å². The zero-order valence-corrected chi connectivity index (χ0v) is 20.3. The molecule has 7 aromatic rings. The average molecular weight is 464 g/mol. The summed E-state index contributed by atoms with van der Waals surface area (Å²) in [6.45, 7) is 4.73. The first-order valence-electron chi connectivity index (χ1n) is 12.6. The molecule has 0 bridgehead atoms. The molecule has 2 N–H and O–H groups in total. The molecule has 0 saturated carbocycles. The smallest absolute Gasteiger partial charge is 0.0744 e. The molecule has 0 spiro atoms. The van der Waals surface area contributed by atoms with Crippen LogP contribution in [0.5, 0.6) is 0 Å². The summed E-state index contributed by atoms with van der Waals surface area (Å²) in [7, 11) is 0. The highest BCUT2D eigenvalue weighted by atomic mass is 15.2. The van der Waals surface area contributed by atoms with Crippen molar-refractivity contribution in [1.29, 1.82) is 0 Å². The highest BCUT2D eigenvalue weighted by Crippen LogP contribution is 2.56. The SMILES string of the molecule is CC1(C)c2ccc3c([nH]c4ccccc43)c2N(c2ccccc2)c2ccc3c([nH]c4ccccc43)c21. The Morgan fingerprint density at radius 2 is 1.14 bits per heavy atom. The monoisotopic (exact) mass is 463 g/mol. The Kier molecular flexibility index (Phi) is 3.73. The minimum Gasteiger partial charge on any atom is -0.354 e. The lowest BCUT2D eigenvalue weighted by atomic mass is 9.72. The molecule has 0 radical (unpaired) electrons. The van der Waals surface area contributed by atoms with Gasteiger partial charge >= 0.3 is 0 Å². The maximum Gasteiger partial charge on any atom is 0.0744 e. The van der Waals surface area contributed by atoms with Crippen molar-refractivity contribution < 1.29 is 0 Å². The van der Waals surface area contributed by atoms with E-state index in [2.05, 4.69) is 132 Å². The number of fused-ring (bicyclic) bond motifs is 10. The van der Waals surface area contributed by atoms with Gasteiger partial charge < -0.3 is 14.9 Å². The van der Waals surface area contributed by atoms with Gasteiger partial charge in [0.15, 0.2) is 0 Å². The molecule has 8 rings (SSSR count). The Morgan fingerprint density at radius 1 is 0.556 bits per heavy atom. The minimum absolute atomic E-state index is 0.207. The van der Waals surface area contributed by atoms with E-state index in [4.69, 9.17) is 0 Å². The maximum atomic E-state index is 3.79. The molecule has 2 aromatic heterocycles. The van der Waals surface area contributed by atoms with Crippen molar-refractivity contribution in [3.8, 4) is 0 Å². The van der Waals surface area contributed by atoms with Crippen molar-refractivity contribution in [3.05, 3.63) is 114 Å². The molecular weight excluding hydrogens is 438 g/mol. The summed E-state index contributed by atoms with van der Waals surface area (Å²) in [5.41, 5.74) is 10.8. The van der Waals surface area contributed by atoms with Crippen LogP contribution in [-0.4, -0.2) is 9.97 Å². The first-order valence-corrected chi connectivity index (χ1v) is 12.6. The van der Waals surface area contributed by atoms with Crippen molar-refractivity contribution >= 4 is 60.7 Å². The summed E-state index contributed by atoms with van der Waals surface area (Å²) in [6, 6.07) is 37.2. The largest absolute Gasteiger partial charge is 0.354 e. The Labute approximate surface area is 209 Å². The van der Waals surface area contributed by atoms with Crippen molar-refractivity contribution in [2.45, 2.75) is 19.3 Å². The second-order valence-corrected chi connectivity index (χ2v) is 10.4. The third kappa shape index (κ3) is 2.42. The first kappa shape index (κ1) is 19.8. The van der Waals surface area contributed by atoms with E-state index in [9.17, 15) is 0 Å². The number of H-pyrrole nitrogens is 2. The normalized spacial score (nSPS) is 14.6. The van der Waals surface area contributed by atoms with Crippen LogP contribution in [0.15, 0.2) is 103 Å². The number of nitrogens with zero attached hydrogens (tertiary/aromatic N) is 1. The van der Waals surface area contributed by atoms with E-state index in [-0.39, 0.29) is 5.41 Å². The molecule has 3 nitrogen and oxygen atoms in total. The fourth-order valence-electron chi connectivity index (χ4n) is 6.47.